The van der Waals surface area contributed by atoms with Crippen LogP contribution in [0.1, 0.15) is 10.4 Å². The molecule has 0 spiro atoms. The average Bonchev–Trinajstić information content (AvgIpc) is 2.54. The van der Waals surface area contributed by atoms with Crippen molar-refractivity contribution in [2.75, 3.05) is 46.8 Å². The largest absolute Gasteiger partial charge is 0.348 e. The predicted molar refractivity (Wildman–Crippen MR) is 89.1 cm³/mol. The van der Waals surface area contributed by atoms with Crippen LogP contribution in [0.4, 0.5) is 5.69 Å². The van der Waals surface area contributed by atoms with Gasteiger partial charge < -0.3 is 9.80 Å². The Morgan fingerprint density at radius 2 is 1.88 bits per heavy atom. The Hall–Kier alpha value is -2.19. The molecule has 0 aromatic heterocycles. The van der Waals surface area contributed by atoms with Gasteiger partial charge in [-0.3, -0.25) is 24.6 Å². The van der Waals surface area contributed by atoms with Gasteiger partial charge in [-0.25, -0.2) is 0 Å². The number of carbonyl (C=O) groups is 2. The van der Waals surface area contributed by atoms with E-state index < -0.39 is 10.8 Å². The fourth-order valence-electron chi connectivity index (χ4n) is 2.45. The Morgan fingerprint density at radius 1 is 1.25 bits per heavy atom. The molecule has 24 heavy (non-hydrogen) atoms. The molecule has 9 heteroatoms. The molecule has 0 saturated carbocycles. The van der Waals surface area contributed by atoms with E-state index in [1.165, 1.54) is 23.1 Å². The highest BCUT2D eigenvalue weighted by molar-refractivity contribution is 6.31. The topological polar surface area (TPSA) is 87.0 Å². The average molecular weight is 355 g/mol. The minimum absolute atomic E-state index is 0.00288. The predicted octanol–water partition coefficient (Wildman–Crippen LogP) is 1.09. The molecule has 0 aliphatic carbocycles. The van der Waals surface area contributed by atoms with Crippen molar-refractivity contribution in [3.63, 3.8) is 0 Å². The lowest BCUT2D eigenvalue weighted by atomic mass is 10.1. The molecule has 0 unspecified atom stereocenters. The van der Waals surface area contributed by atoms with Crippen LogP contribution in [0.15, 0.2) is 18.2 Å². The fourth-order valence-corrected chi connectivity index (χ4v) is 2.62. The molecule has 1 aromatic carbocycles. The first-order valence-corrected chi connectivity index (χ1v) is 7.83. The summed E-state index contributed by atoms with van der Waals surface area (Å²) in [5.41, 5.74) is -0.264. The van der Waals surface area contributed by atoms with E-state index in [9.17, 15) is 19.7 Å². The fraction of sp³-hybridized carbons (Fsp3) is 0.467. The number of halogens is 1. The van der Waals surface area contributed by atoms with Crippen molar-refractivity contribution in [3.05, 3.63) is 38.9 Å². The quantitative estimate of drug-likeness (QED) is 0.596. The monoisotopic (exact) mass is 354 g/mol. The second kappa shape index (κ2) is 7.59. The molecule has 2 rings (SSSR count). The van der Waals surface area contributed by atoms with Crippen LogP contribution in [-0.2, 0) is 4.79 Å². The van der Waals surface area contributed by atoms with E-state index in [2.05, 4.69) is 0 Å². The summed E-state index contributed by atoms with van der Waals surface area (Å²) in [6.07, 6.45) is 0. The summed E-state index contributed by atoms with van der Waals surface area (Å²) in [6, 6.07) is 4.03. The van der Waals surface area contributed by atoms with E-state index in [0.29, 0.717) is 32.7 Å². The lowest BCUT2D eigenvalue weighted by Crippen LogP contribution is -2.51. The van der Waals surface area contributed by atoms with E-state index in [0.717, 1.165) is 0 Å². The van der Waals surface area contributed by atoms with Crippen LogP contribution in [0.3, 0.4) is 0 Å². The molecular weight excluding hydrogens is 336 g/mol. The van der Waals surface area contributed by atoms with Gasteiger partial charge in [0.05, 0.1) is 11.5 Å². The molecule has 8 nitrogen and oxygen atoms in total. The van der Waals surface area contributed by atoms with Gasteiger partial charge in [-0.1, -0.05) is 11.6 Å². The van der Waals surface area contributed by atoms with Crippen LogP contribution in [-0.4, -0.2) is 78.3 Å². The van der Waals surface area contributed by atoms with Crippen molar-refractivity contribution in [2.24, 2.45) is 0 Å². The molecule has 0 radical (unpaired) electrons. The van der Waals surface area contributed by atoms with E-state index in [1.807, 2.05) is 4.90 Å². The van der Waals surface area contributed by atoms with Crippen molar-refractivity contribution in [2.45, 2.75) is 0 Å². The van der Waals surface area contributed by atoms with Crippen molar-refractivity contribution >= 4 is 29.1 Å². The second-order valence-corrected chi connectivity index (χ2v) is 6.21. The lowest BCUT2D eigenvalue weighted by Gasteiger charge is -2.34. The molecule has 1 aliphatic rings. The zero-order chi connectivity index (χ0) is 17.9. The zero-order valence-corrected chi connectivity index (χ0v) is 14.3. The molecule has 0 bridgehead atoms. The Bertz CT molecular complexity index is 657. The third kappa shape index (κ3) is 4.21. The maximum absolute atomic E-state index is 12.6. The van der Waals surface area contributed by atoms with Gasteiger partial charge in [-0.15, -0.1) is 0 Å². The number of hydrogen-bond donors (Lipinski definition) is 0. The minimum Gasteiger partial charge on any atom is -0.348 e. The molecule has 2 amide bonds. The molecule has 0 N–H and O–H groups in total. The van der Waals surface area contributed by atoms with Gasteiger partial charge in [0.2, 0.25) is 5.91 Å². The second-order valence-electron chi connectivity index (χ2n) is 5.78. The van der Waals surface area contributed by atoms with E-state index in [1.54, 1.807) is 19.0 Å². The molecule has 0 atom stereocenters. The number of nitrogens with zero attached hydrogens (tertiary/aromatic N) is 4. The summed E-state index contributed by atoms with van der Waals surface area (Å²) >= 11 is 5.77. The Morgan fingerprint density at radius 3 is 2.42 bits per heavy atom. The summed E-state index contributed by atoms with van der Waals surface area (Å²) in [5, 5.41) is 11.3. The van der Waals surface area contributed by atoms with Gasteiger partial charge in [-0.05, 0) is 12.1 Å². The van der Waals surface area contributed by atoms with Gasteiger partial charge >= 0.3 is 0 Å². The molecule has 130 valence electrons. The Labute approximate surface area is 144 Å². The molecule has 1 saturated heterocycles. The van der Waals surface area contributed by atoms with Crippen molar-refractivity contribution in [1.82, 2.24) is 14.7 Å². The van der Waals surface area contributed by atoms with Crippen LogP contribution >= 0.6 is 11.6 Å². The number of amides is 2. The van der Waals surface area contributed by atoms with Crippen LogP contribution in [0.5, 0.6) is 0 Å². The maximum atomic E-state index is 12.6. The first-order valence-electron chi connectivity index (χ1n) is 7.45. The SMILES string of the molecule is CN(C)C(=O)CN1CCN(C(=O)c2ccc(Cl)cc2[N+](=O)[O-])CC1. The number of benzene rings is 1. The minimum atomic E-state index is -0.606. The van der Waals surface area contributed by atoms with Gasteiger partial charge in [0.1, 0.15) is 5.56 Å². The summed E-state index contributed by atoms with van der Waals surface area (Å²) in [5.74, 6) is -0.389. The number of rotatable bonds is 4. The standard InChI is InChI=1S/C15H19ClN4O4/c1-17(2)14(21)10-18-5-7-19(8-6-18)15(22)12-4-3-11(16)9-13(12)20(23)24/h3-4,9H,5-8,10H2,1-2H3. The highest BCUT2D eigenvalue weighted by Gasteiger charge is 2.28. The number of piperazine rings is 1. The van der Waals surface area contributed by atoms with Gasteiger partial charge in [0, 0.05) is 51.4 Å². The number of nitro groups is 1. The smallest absolute Gasteiger partial charge is 0.283 e. The third-order valence-corrected chi connectivity index (χ3v) is 4.14. The first-order chi connectivity index (χ1) is 11.3. The molecular formula is C15H19ClN4O4. The summed E-state index contributed by atoms with van der Waals surface area (Å²) in [6.45, 7) is 2.23. The molecule has 1 fully saturated rings. The van der Waals surface area contributed by atoms with Gasteiger partial charge in [-0.2, -0.15) is 0 Å². The van der Waals surface area contributed by atoms with Crippen molar-refractivity contribution in [3.8, 4) is 0 Å². The Kier molecular flexibility index (Phi) is 5.74. The van der Waals surface area contributed by atoms with Crippen LogP contribution in [0.2, 0.25) is 5.02 Å². The summed E-state index contributed by atoms with van der Waals surface area (Å²) < 4.78 is 0. The third-order valence-electron chi connectivity index (χ3n) is 3.90. The molecule has 1 aromatic rings. The van der Waals surface area contributed by atoms with Crippen LogP contribution in [0.25, 0.3) is 0 Å². The van der Waals surface area contributed by atoms with Gasteiger partial charge in [0.25, 0.3) is 11.6 Å². The maximum Gasteiger partial charge on any atom is 0.283 e. The van der Waals surface area contributed by atoms with Crippen molar-refractivity contribution in [1.29, 1.82) is 0 Å². The number of nitro benzene ring substituents is 1. The lowest BCUT2D eigenvalue weighted by molar-refractivity contribution is -0.385. The number of hydrogen-bond acceptors (Lipinski definition) is 5. The van der Waals surface area contributed by atoms with Crippen LogP contribution in [0, 0.1) is 10.1 Å². The number of likely N-dealkylation sites (N-methyl/N-ethyl adjacent to an activating group) is 1. The first kappa shape index (κ1) is 18.2. The summed E-state index contributed by atoms with van der Waals surface area (Å²) in [4.78, 5) is 39.8. The van der Waals surface area contributed by atoms with Gasteiger partial charge in [0.15, 0.2) is 0 Å². The highest BCUT2D eigenvalue weighted by atomic mass is 35.5. The summed E-state index contributed by atoms with van der Waals surface area (Å²) in [7, 11) is 3.39. The highest BCUT2D eigenvalue weighted by Crippen LogP contribution is 2.24. The Balaban J connectivity index is 2.03. The molecule has 1 heterocycles. The zero-order valence-electron chi connectivity index (χ0n) is 13.6. The van der Waals surface area contributed by atoms with Crippen LogP contribution < -0.4 is 0 Å². The normalized spacial score (nSPS) is 15.2. The van der Waals surface area contributed by atoms with Crippen molar-refractivity contribution < 1.29 is 14.5 Å². The molecule has 1 aliphatic heterocycles. The van der Waals surface area contributed by atoms with E-state index in [4.69, 9.17) is 11.6 Å². The van der Waals surface area contributed by atoms with E-state index >= 15 is 0 Å². The van der Waals surface area contributed by atoms with E-state index in [-0.39, 0.29) is 22.2 Å². The number of carbonyl (C=O) groups excluding carboxylic acids is 2.